The Hall–Kier alpha value is -0.650. The van der Waals surface area contributed by atoms with Crippen molar-refractivity contribution in [2.24, 2.45) is 5.73 Å². The van der Waals surface area contributed by atoms with Gasteiger partial charge in [0, 0.05) is 19.1 Å². The topological polar surface area (TPSA) is 61.6 Å². The predicted octanol–water partition coefficient (Wildman–Crippen LogP) is 0.646. The van der Waals surface area contributed by atoms with Crippen LogP contribution in [0.5, 0.6) is 0 Å². The van der Waals surface area contributed by atoms with E-state index in [4.69, 9.17) is 5.73 Å². The molecule has 1 aliphatic rings. The number of nitrogens with one attached hydrogen (secondary N) is 1. The summed E-state index contributed by atoms with van der Waals surface area (Å²) < 4.78 is 0. The summed E-state index contributed by atoms with van der Waals surface area (Å²) in [6.45, 7) is 11.2. The van der Waals surface area contributed by atoms with Gasteiger partial charge in [0.2, 0.25) is 5.91 Å². The lowest BCUT2D eigenvalue weighted by molar-refractivity contribution is -0.124. The molecule has 2 unspecified atom stereocenters. The first kappa shape index (κ1) is 17.4. The summed E-state index contributed by atoms with van der Waals surface area (Å²) in [5, 5.41) is 3.22. The van der Waals surface area contributed by atoms with Gasteiger partial charge in [-0.2, -0.15) is 0 Å². The van der Waals surface area contributed by atoms with Crippen LogP contribution in [0.4, 0.5) is 0 Å². The molecule has 5 nitrogen and oxygen atoms in total. The maximum absolute atomic E-state index is 11.6. The van der Waals surface area contributed by atoms with Crippen LogP contribution in [-0.4, -0.2) is 67.1 Å². The lowest BCUT2D eigenvalue weighted by atomic mass is 9.96. The smallest absolute Gasteiger partial charge is 0.237 e. The van der Waals surface area contributed by atoms with Gasteiger partial charge in [-0.15, -0.1) is 0 Å². The van der Waals surface area contributed by atoms with Crippen LogP contribution in [-0.2, 0) is 4.79 Å². The maximum atomic E-state index is 11.6. The van der Waals surface area contributed by atoms with Crippen LogP contribution in [0.2, 0.25) is 0 Å². The highest BCUT2D eigenvalue weighted by atomic mass is 16.1. The highest BCUT2D eigenvalue weighted by Gasteiger charge is 2.30. The molecule has 1 heterocycles. The number of carbonyl (C=O) groups excluding carboxylic acids is 1. The molecule has 0 aromatic carbocycles. The number of rotatable bonds is 9. The molecule has 1 amide bonds. The van der Waals surface area contributed by atoms with Gasteiger partial charge in [0.05, 0.1) is 5.54 Å². The second kappa shape index (κ2) is 7.96. The number of hydrogen-bond donors (Lipinski definition) is 2. The largest absolute Gasteiger partial charge is 0.368 e. The number of hydrogen-bond acceptors (Lipinski definition) is 4. The predicted molar refractivity (Wildman–Crippen MR) is 83.7 cm³/mol. The van der Waals surface area contributed by atoms with Gasteiger partial charge in [0.25, 0.3) is 0 Å². The minimum Gasteiger partial charge on any atom is -0.368 e. The standard InChI is InChI=1S/C15H32N4O/c1-5-17-15(3,14(16)20)9-11-18(4)12-13-8-7-10-19(13)6-2/h13,17H,5-12H2,1-4H3,(H2,16,20). The number of primary amides is 1. The highest BCUT2D eigenvalue weighted by molar-refractivity contribution is 5.84. The zero-order chi connectivity index (χ0) is 15.2. The molecule has 0 bridgehead atoms. The van der Waals surface area contributed by atoms with E-state index in [-0.39, 0.29) is 5.91 Å². The molecule has 0 aliphatic carbocycles. The molecule has 1 fully saturated rings. The minimum atomic E-state index is -0.594. The van der Waals surface area contributed by atoms with Crippen molar-refractivity contribution in [3.05, 3.63) is 0 Å². The molecular formula is C15H32N4O. The van der Waals surface area contributed by atoms with Crippen molar-refractivity contribution >= 4 is 5.91 Å². The number of carbonyl (C=O) groups is 1. The lowest BCUT2D eigenvalue weighted by Crippen LogP contribution is -2.54. The van der Waals surface area contributed by atoms with Crippen molar-refractivity contribution in [1.29, 1.82) is 0 Å². The Morgan fingerprint density at radius 1 is 1.50 bits per heavy atom. The third-order valence-corrected chi connectivity index (χ3v) is 4.53. The number of nitrogens with two attached hydrogens (primary N) is 1. The molecule has 0 aromatic rings. The van der Waals surface area contributed by atoms with Crippen LogP contribution in [0.1, 0.15) is 40.0 Å². The summed E-state index contributed by atoms with van der Waals surface area (Å²) in [5.41, 5.74) is 4.93. The molecular weight excluding hydrogens is 252 g/mol. The summed E-state index contributed by atoms with van der Waals surface area (Å²) in [7, 11) is 2.14. The van der Waals surface area contributed by atoms with Gasteiger partial charge < -0.3 is 16.0 Å². The first-order valence-corrected chi connectivity index (χ1v) is 7.90. The van der Waals surface area contributed by atoms with Crippen molar-refractivity contribution in [2.45, 2.75) is 51.6 Å². The van der Waals surface area contributed by atoms with Gasteiger partial charge in [-0.3, -0.25) is 9.69 Å². The Morgan fingerprint density at radius 3 is 2.75 bits per heavy atom. The van der Waals surface area contributed by atoms with Gasteiger partial charge >= 0.3 is 0 Å². The highest BCUT2D eigenvalue weighted by Crippen LogP contribution is 2.18. The van der Waals surface area contributed by atoms with Crippen molar-refractivity contribution < 1.29 is 4.79 Å². The van der Waals surface area contributed by atoms with Crippen LogP contribution in [0.3, 0.4) is 0 Å². The van der Waals surface area contributed by atoms with E-state index in [9.17, 15) is 4.79 Å². The van der Waals surface area contributed by atoms with Crippen molar-refractivity contribution in [3.63, 3.8) is 0 Å². The van der Waals surface area contributed by atoms with Crippen molar-refractivity contribution in [3.8, 4) is 0 Å². The maximum Gasteiger partial charge on any atom is 0.237 e. The average Bonchev–Trinajstić information content (AvgIpc) is 2.83. The average molecular weight is 284 g/mol. The first-order valence-electron chi connectivity index (χ1n) is 7.90. The van der Waals surface area contributed by atoms with Gasteiger partial charge in [-0.05, 0) is 52.9 Å². The Morgan fingerprint density at radius 2 is 2.20 bits per heavy atom. The molecule has 118 valence electrons. The second-order valence-electron chi connectivity index (χ2n) is 6.16. The third kappa shape index (κ3) is 4.72. The Balaban J connectivity index is 2.41. The van der Waals surface area contributed by atoms with Crippen molar-refractivity contribution in [1.82, 2.24) is 15.1 Å². The Bertz CT molecular complexity index is 310. The fourth-order valence-corrected chi connectivity index (χ4v) is 3.07. The summed E-state index contributed by atoms with van der Waals surface area (Å²) in [6.07, 6.45) is 3.35. The molecule has 0 radical (unpaired) electrons. The molecule has 0 aromatic heterocycles. The molecule has 0 saturated carbocycles. The zero-order valence-corrected chi connectivity index (χ0v) is 13.6. The molecule has 0 spiro atoms. The normalized spacial score (nSPS) is 23.1. The van der Waals surface area contributed by atoms with Crippen LogP contribution in [0.25, 0.3) is 0 Å². The molecule has 3 N–H and O–H groups in total. The van der Waals surface area contributed by atoms with E-state index in [1.165, 1.54) is 19.4 Å². The Kier molecular flexibility index (Phi) is 6.92. The number of likely N-dealkylation sites (N-methyl/N-ethyl adjacent to an activating group) is 3. The fraction of sp³-hybridized carbons (Fsp3) is 0.933. The Labute approximate surface area is 123 Å². The van der Waals surface area contributed by atoms with Crippen LogP contribution in [0, 0.1) is 0 Å². The number of amides is 1. The van der Waals surface area contributed by atoms with Crippen LogP contribution < -0.4 is 11.1 Å². The van der Waals surface area contributed by atoms with E-state index in [0.717, 1.165) is 32.6 Å². The summed E-state index contributed by atoms with van der Waals surface area (Å²) in [4.78, 5) is 16.5. The quantitative estimate of drug-likeness (QED) is 0.652. The van der Waals surface area contributed by atoms with Gasteiger partial charge in [-0.1, -0.05) is 13.8 Å². The lowest BCUT2D eigenvalue weighted by Gasteiger charge is -2.31. The van der Waals surface area contributed by atoms with E-state index in [0.29, 0.717) is 6.04 Å². The van der Waals surface area contributed by atoms with E-state index in [1.54, 1.807) is 0 Å². The SMILES string of the molecule is CCNC(C)(CCN(C)CC1CCCN1CC)C(N)=O. The third-order valence-electron chi connectivity index (χ3n) is 4.53. The molecule has 1 aliphatic heterocycles. The van der Waals surface area contributed by atoms with Crippen LogP contribution in [0.15, 0.2) is 0 Å². The number of likely N-dealkylation sites (tertiary alicyclic amines) is 1. The van der Waals surface area contributed by atoms with Gasteiger partial charge in [-0.25, -0.2) is 0 Å². The zero-order valence-electron chi connectivity index (χ0n) is 13.6. The van der Waals surface area contributed by atoms with Gasteiger partial charge in [0.15, 0.2) is 0 Å². The summed E-state index contributed by atoms with van der Waals surface area (Å²) >= 11 is 0. The molecule has 20 heavy (non-hydrogen) atoms. The summed E-state index contributed by atoms with van der Waals surface area (Å²) in [5.74, 6) is -0.260. The number of nitrogens with zero attached hydrogens (tertiary/aromatic N) is 2. The van der Waals surface area contributed by atoms with E-state index in [1.807, 2.05) is 13.8 Å². The molecule has 1 rings (SSSR count). The fourth-order valence-electron chi connectivity index (χ4n) is 3.07. The first-order chi connectivity index (χ1) is 9.42. The molecule has 2 atom stereocenters. The van der Waals surface area contributed by atoms with E-state index < -0.39 is 5.54 Å². The van der Waals surface area contributed by atoms with Crippen LogP contribution >= 0.6 is 0 Å². The van der Waals surface area contributed by atoms with Crippen molar-refractivity contribution in [2.75, 3.05) is 39.8 Å². The van der Waals surface area contributed by atoms with E-state index >= 15 is 0 Å². The molecule has 1 saturated heterocycles. The minimum absolute atomic E-state index is 0.260. The summed E-state index contributed by atoms with van der Waals surface area (Å²) in [6, 6.07) is 0.670. The van der Waals surface area contributed by atoms with E-state index in [2.05, 4.69) is 29.1 Å². The van der Waals surface area contributed by atoms with Gasteiger partial charge in [0.1, 0.15) is 0 Å². The molecule has 5 heteroatoms. The second-order valence-corrected chi connectivity index (χ2v) is 6.16. The monoisotopic (exact) mass is 284 g/mol.